The third-order valence-corrected chi connectivity index (χ3v) is 2.63. The molecule has 0 saturated carbocycles. The average Bonchev–Trinajstić information content (AvgIpc) is 2.29. The van der Waals surface area contributed by atoms with E-state index in [1.54, 1.807) is 13.2 Å². The molecule has 2 atom stereocenters. The second-order valence-electron chi connectivity index (χ2n) is 3.57. The first-order valence-electron chi connectivity index (χ1n) is 5.09. The van der Waals surface area contributed by atoms with Crippen LogP contribution < -0.4 is 0 Å². The minimum absolute atomic E-state index is 0.281. The maximum atomic E-state index is 10.5. The third-order valence-electron chi connectivity index (χ3n) is 2.63. The van der Waals surface area contributed by atoms with Crippen LogP contribution in [-0.2, 0) is 10.3 Å². The fraction of sp³-hybridized carbons (Fsp3) is 0.385. The maximum Gasteiger partial charge on any atom is 0.133 e. The third kappa shape index (κ3) is 2.46. The SMILES string of the molecule is C/C=C/[C@@](O)(c1ccccc1)[C@H](C)OC. The van der Waals surface area contributed by atoms with E-state index in [9.17, 15) is 5.11 Å². The molecule has 0 fully saturated rings. The quantitative estimate of drug-likeness (QED) is 0.767. The number of aliphatic hydroxyl groups is 1. The zero-order valence-electron chi connectivity index (χ0n) is 9.47. The number of ether oxygens (including phenoxy) is 1. The van der Waals surface area contributed by atoms with Crippen molar-refractivity contribution in [3.05, 3.63) is 48.0 Å². The van der Waals surface area contributed by atoms with E-state index in [2.05, 4.69) is 0 Å². The molecule has 2 heteroatoms. The second kappa shape index (κ2) is 5.10. The lowest BCUT2D eigenvalue weighted by Gasteiger charge is -2.30. The molecule has 0 aromatic heterocycles. The molecule has 2 nitrogen and oxygen atoms in total. The standard InChI is InChI=1S/C13H18O2/c1-4-10-13(14,11(2)15-3)12-8-6-5-7-9-12/h4-11,14H,1-3H3/b10-4+/t11-,13-/m0/s1. The molecule has 15 heavy (non-hydrogen) atoms. The lowest BCUT2D eigenvalue weighted by Crippen LogP contribution is -2.36. The average molecular weight is 206 g/mol. The molecule has 0 saturated heterocycles. The van der Waals surface area contributed by atoms with Gasteiger partial charge < -0.3 is 9.84 Å². The molecule has 0 aliphatic rings. The molecule has 0 aliphatic carbocycles. The number of rotatable bonds is 4. The molecular formula is C13H18O2. The molecule has 82 valence electrons. The highest BCUT2D eigenvalue weighted by Gasteiger charge is 2.32. The normalized spacial score (nSPS) is 17.6. The lowest BCUT2D eigenvalue weighted by molar-refractivity contribution is -0.0565. The topological polar surface area (TPSA) is 29.5 Å². The van der Waals surface area contributed by atoms with Crippen molar-refractivity contribution in [2.75, 3.05) is 7.11 Å². The molecule has 0 unspecified atom stereocenters. The highest BCUT2D eigenvalue weighted by molar-refractivity contribution is 5.28. The number of benzene rings is 1. The summed E-state index contributed by atoms with van der Waals surface area (Å²) in [5, 5.41) is 10.5. The van der Waals surface area contributed by atoms with Crippen molar-refractivity contribution in [3.8, 4) is 0 Å². The molecule has 1 aromatic carbocycles. The van der Waals surface area contributed by atoms with E-state index in [1.165, 1.54) is 0 Å². The minimum atomic E-state index is -1.05. The van der Waals surface area contributed by atoms with Gasteiger partial charge in [-0.2, -0.15) is 0 Å². The Morgan fingerprint density at radius 2 is 1.93 bits per heavy atom. The van der Waals surface area contributed by atoms with Crippen LogP contribution in [0, 0.1) is 0 Å². The summed E-state index contributed by atoms with van der Waals surface area (Å²) >= 11 is 0. The molecule has 1 rings (SSSR count). The summed E-state index contributed by atoms with van der Waals surface area (Å²) in [6.45, 7) is 3.74. The van der Waals surface area contributed by atoms with Gasteiger partial charge in [-0.15, -0.1) is 0 Å². The van der Waals surface area contributed by atoms with Crippen molar-refractivity contribution in [1.82, 2.24) is 0 Å². The maximum absolute atomic E-state index is 10.5. The largest absolute Gasteiger partial charge is 0.378 e. The summed E-state index contributed by atoms with van der Waals surface area (Å²) < 4.78 is 5.22. The van der Waals surface area contributed by atoms with Crippen molar-refractivity contribution < 1.29 is 9.84 Å². The molecule has 0 heterocycles. The summed E-state index contributed by atoms with van der Waals surface area (Å²) in [6, 6.07) is 9.54. The van der Waals surface area contributed by atoms with Crippen molar-refractivity contribution in [2.45, 2.75) is 25.6 Å². The lowest BCUT2D eigenvalue weighted by atomic mass is 9.88. The monoisotopic (exact) mass is 206 g/mol. The van der Waals surface area contributed by atoms with E-state index >= 15 is 0 Å². The molecule has 0 radical (unpaired) electrons. The smallest absolute Gasteiger partial charge is 0.133 e. The number of allylic oxidation sites excluding steroid dienone is 1. The zero-order valence-corrected chi connectivity index (χ0v) is 9.47. The molecular weight excluding hydrogens is 188 g/mol. The van der Waals surface area contributed by atoms with E-state index in [0.717, 1.165) is 5.56 Å². The van der Waals surface area contributed by atoms with Gasteiger partial charge in [0.25, 0.3) is 0 Å². The van der Waals surface area contributed by atoms with Gasteiger partial charge >= 0.3 is 0 Å². The molecule has 0 bridgehead atoms. The summed E-state index contributed by atoms with van der Waals surface area (Å²) in [6.07, 6.45) is 3.31. The van der Waals surface area contributed by atoms with Crippen LogP contribution in [0.15, 0.2) is 42.5 Å². The zero-order chi connectivity index (χ0) is 11.3. The predicted octanol–water partition coefficient (Wildman–Crippen LogP) is 2.49. The van der Waals surface area contributed by atoms with E-state index < -0.39 is 5.60 Å². The summed E-state index contributed by atoms with van der Waals surface area (Å²) in [4.78, 5) is 0. The Labute approximate surface area is 91.2 Å². The Morgan fingerprint density at radius 3 is 2.40 bits per heavy atom. The van der Waals surface area contributed by atoms with Crippen LogP contribution in [0.3, 0.4) is 0 Å². The fourth-order valence-corrected chi connectivity index (χ4v) is 1.61. The van der Waals surface area contributed by atoms with E-state index in [4.69, 9.17) is 4.74 Å². The van der Waals surface area contributed by atoms with Crippen LogP contribution in [0.5, 0.6) is 0 Å². The highest BCUT2D eigenvalue weighted by Crippen LogP contribution is 2.28. The van der Waals surface area contributed by atoms with Crippen molar-refractivity contribution in [1.29, 1.82) is 0 Å². The number of hydrogen-bond donors (Lipinski definition) is 1. The number of methoxy groups -OCH3 is 1. The Bertz CT molecular complexity index is 319. The van der Waals surface area contributed by atoms with Gasteiger partial charge in [0.05, 0.1) is 6.10 Å². The Kier molecular flexibility index (Phi) is 4.06. The van der Waals surface area contributed by atoms with Gasteiger partial charge in [0.15, 0.2) is 0 Å². The van der Waals surface area contributed by atoms with Crippen molar-refractivity contribution in [2.24, 2.45) is 0 Å². The van der Waals surface area contributed by atoms with Crippen LogP contribution in [-0.4, -0.2) is 18.3 Å². The summed E-state index contributed by atoms with van der Waals surface area (Å²) in [5.74, 6) is 0. The molecule has 0 amide bonds. The van der Waals surface area contributed by atoms with Gasteiger partial charge in [-0.25, -0.2) is 0 Å². The predicted molar refractivity (Wildman–Crippen MR) is 61.6 cm³/mol. The van der Waals surface area contributed by atoms with E-state index in [0.29, 0.717) is 0 Å². The van der Waals surface area contributed by atoms with E-state index in [1.807, 2.05) is 50.3 Å². The molecule has 0 spiro atoms. The fourth-order valence-electron chi connectivity index (χ4n) is 1.61. The first kappa shape index (κ1) is 12.0. The van der Waals surface area contributed by atoms with Gasteiger partial charge in [0.1, 0.15) is 5.60 Å². The second-order valence-corrected chi connectivity index (χ2v) is 3.57. The highest BCUT2D eigenvalue weighted by atomic mass is 16.5. The Morgan fingerprint density at radius 1 is 1.33 bits per heavy atom. The summed E-state index contributed by atoms with van der Waals surface area (Å²) in [7, 11) is 1.60. The van der Waals surface area contributed by atoms with Crippen molar-refractivity contribution >= 4 is 0 Å². The van der Waals surface area contributed by atoms with Crippen LogP contribution in [0.1, 0.15) is 19.4 Å². The first-order chi connectivity index (χ1) is 7.15. The van der Waals surface area contributed by atoms with Gasteiger partial charge in [0, 0.05) is 7.11 Å². The first-order valence-corrected chi connectivity index (χ1v) is 5.09. The van der Waals surface area contributed by atoms with Gasteiger partial charge in [-0.05, 0) is 19.4 Å². The van der Waals surface area contributed by atoms with Crippen LogP contribution in [0.2, 0.25) is 0 Å². The van der Waals surface area contributed by atoms with Crippen molar-refractivity contribution in [3.63, 3.8) is 0 Å². The van der Waals surface area contributed by atoms with Crippen LogP contribution in [0.25, 0.3) is 0 Å². The Balaban J connectivity index is 3.12. The van der Waals surface area contributed by atoms with E-state index in [-0.39, 0.29) is 6.10 Å². The van der Waals surface area contributed by atoms with Gasteiger partial charge in [-0.3, -0.25) is 0 Å². The number of hydrogen-bond acceptors (Lipinski definition) is 2. The van der Waals surface area contributed by atoms with Gasteiger partial charge in [0.2, 0.25) is 0 Å². The molecule has 1 N–H and O–H groups in total. The van der Waals surface area contributed by atoms with Gasteiger partial charge in [-0.1, -0.05) is 42.5 Å². The summed E-state index contributed by atoms with van der Waals surface area (Å²) in [5.41, 5.74) is -0.206. The minimum Gasteiger partial charge on any atom is -0.378 e. The Hall–Kier alpha value is -1.12. The molecule has 0 aliphatic heterocycles. The van der Waals surface area contributed by atoms with Crippen LogP contribution >= 0.6 is 0 Å². The molecule has 1 aromatic rings. The van der Waals surface area contributed by atoms with Crippen LogP contribution in [0.4, 0.5) is 0 Å².